The van der Waals surface area contributed by atoms with Crippen molar-refractivity contribution in [1.82, 2.24) is 9.80 Å². The molecule has 1 atom stereocenters. The first-order valence-corrected chi connectivity index (χ1v) is 10.6. The Morgan fingerprint density at radius 1 is 1.06 bits per heavy atom. The zero-order chi connectivity index (χ0) is 22.5. The maximum Gasteiger partial charge on any atom is 0.295 e. The third kappa shape index (κ3) is 4.97. The van der Waals surface area contributed by atoms with Crippen LogP contribution in [0, 0.1) is 6.92 Å². The van der Waals surface area contributed by atoms with Crippen molar-refractivity contribution >= 4 is 17.4 Å². The molecule has 1 amide bonds. The van der Waals surface area contributed by atoms with Crippen LogP contribution in [0.5, 0.6) is 5.75 Å². The maximum atomic E-state index is 13.0. The Kier molecular flexibility index (Phi) is 7.13. The Morgan fingerprint density at radius 3 is 2.29 bits per heavy atom. The summed E-state index contributed by atoms with van der Waals surface area (Å²) >= 11 is 0. The van der Waals surface area contributed by atoms with E-state index in [2.05, 4.69) is 0 Å². The van der Waals surface area contributed by atoms with Crippen molar-refractivity contribution in [2.75, 3.05) is 33.8 Å². The number of likely N-dealkylation sites (N-methyl/N-ethyl adjacent to an activating group) is 1. The fourth-order valence-corrected chi connectivity index (χ4v) is 3.60. The van der Waals surface area contributed by atoms with Crippen molar-refractivity contribution in [3.05, 3.63) is 70.8 Å². The quantitative estimate of drug-likeness (QED) is 0.398. The van der Waals surface area contributed by atoms with Gasteiger partial charge in [-0.3, -0.25) is 9.59 Å². The molecule has 0 radical (unpaired) electrons. The molecule has 6 heteroatoms. The van der Waals surface area contributed by atoms with Gasteiger partial charge in [0.15, 0.2) is 0 Å². The number of aliphatic hydroxyl groups excluding tert-OH is 1. The van der Waals surface area contributed by atoms with Crippen molar-refractivity contribution in [2.24, 2.45) is 0 Å². The molecule has 2 aromatic carbocycles. The highest BCUT2D eigenvalue weighted by Gasteiger charge is 2.45. The Morgan fingerprint density at radius 2 is 1.71 bits per heavy atom. The Bertz CT molecular complexity index is 962. The van der Waals surface area contributed by atoms with Gasteiger partial charge in [-0.05, 0) is 45.1 Å². The van der Waals surface area contributed by atoms with Gasteiger partial charge in [0.2, 0.25) is 0 Å². The van der Waals surface area contributed by atoms with Crippen molar-refractivity contribution < 1.29 is 19.4 Å². The monoisotopic (exact) mass is 422 g/mol. The van der Waals surface area contributed by atoms with Crippen LogP contribution in [-0.2, 0) is 9.59 Å². The van der Waals surface area contributed by atoms with Gasteiger partial charge in [-0.2, -0.15) is 0 Å². The highest BCUT2D eigenvalue weighted by atomic mass is 16.5. The molecule has 31 heavy (non-hydrogen) atoms. The molecule has 1 N–H and O–H groups in total. The van der Waals surface area contributed by atoms with Crippen LogP contribution in [0.1, 0.15) is 36.1 Å². The van der Waals surface area contributed by atoms with E-state index in [0.717, 1.165) is 23.3 Å². The van der Waals surface area contributed by atoms with Crippen LogP contribution in [0.25, 0.3) is 5.76 Å². The second-order valence-corrected chi connectivity index (χ2v) is 8.08. The molecule has 1 fully saturated rings. The van der Waals surface area contributed by atoms with Gasteiger partial charge in [0.05, 0.1) is 18.2 Å². The number of aliphatic hydroxyl groups is 1. The van der Waals surface area contributed by atoms with Gasteiger partial charge in [-0.25, -0.2) is 0 Å². The lowest BCUT2D eigenvalue weighted by Gasteiger charge is -2.26. The summed E-state index contributed by atoms with van der Waals surface area (Å²) in [6.45, 7) is 5.59. The van der Waals surface area contributed by atoms with E-state index in [-0.39, 0.29) is 11.3 Å². The summed E-state index contributed by atoms with van der Waals surface area (Å²) in [7, 11) is 3.83. The van der Waals surface area contributed by atoms with E-state index in [0.29, 0.717) is 25.3 Å². The third-order valence-electron chi connectivity index (χ3n) is 5.32. The van der Waals surface area contributed by atoms with Crippen LogP contribution in [-0.4, -0.2) is 60.4 Å². The number of hydrogen-bond acceptors (Lipinski definition) is 5. The molecule has 2 aromatic rings. The number of likely N-dealkylation sites (tertiary alicyclic amines) is 1. The third-order valence-corrected chi connectivity index (χ3v) is 5.32. The van der Waals surface area contributed by atoms with Gasteiger partial charge in [0.1, 0.15) is 11.5 Å². The lowest BCUT2D eigenvalue weighted by molar-refractivity contribution is -0.140. The van der Waals surface area contributed by atoms with E-state index in [1.807, 2.05) is 69.2 Å². The van der Waals surface area contributed by atoms with E-state index in [9.17, 15) is 14.7 Å². The number of Topliss-reactive ketones (excluding diaryl/α,β-unsaturated/α-hetero) is 1. The number of carbonyl (C=O) groups is 2. The largest absolute Gasteiger partial charge is 0.507 e. The predicted octanol–water partition coefficient (Wildman–Crippen LogP) is 3.77. The van der Waals surface area contributed by atoms with Gasteiger partial charge in [0.25, 0.3) is 11.7 Å². The van der Waals surface area contributed by atoms with Gasteiger partial charge >= 0.3 is 0 Å². The molecule has 0 spiro atoms. The first-order chi connectivity index (χ1) is 14.8. The number of ether oxygens (including phenoxy) is 1. The molecule has 0 saturated carbocycles. The van der Waals surface area contributed by atoms with Gasteiger partial charge < -0.3 is 19.6 Å². The lowest BCUT2D eigenvalue weighted by atomic mass is 9.95. The molecular formula is C25H30N2O4. The van der Waals surface area contributed by atoms with Crippen LogP contribution in [0.4, 0.5) is 0 Å². The maximum absolute atomic E-state index is 13.0. The number of aryl methyl sites for hydroxylation is 1. The van der Waals surface area contributed by atoms with E-state index in [1.54, 1.807) is 17.0 Å². The fourth-order valence-electron chi connectivity index (χ4n) is 3.60. The fraction of sp³-hybridized carbons (Fsp3) is 0.360. The predicted molar refractivity (Wildman–Crippen MR) is 121 cm³/mol. The zero-order valence-electron chi connectivity index (χ0n) is 18.6. The summed E-state index contributed by atoms with van der Waals surface area (Å²) in [5.41, 5.74) is 2.44. The molecule has 0 bridgehead atoms. The standard InChI is InChI=1S/C25H30N2O4/c1-5-16-31-20-12-10-18(11-13-20)22-21(23(28)19-8-6-17(2)7-9-19)24(29)25(30)27(22)15-14-26(3)4/h6-13,22,28H,5,14-16H2,1-4H3/b23-21+/t22-/m1/s1. The lowest BCUT2D eigenvalue weighted by Crippen LogP contribution is -2.35. The minimum atomic E-state index is -0.659. The summed E-state index contributed by atoms with van der Waals surface area (Å²) in [4.78, 5) is 29.4. The smallest absolute Gasteiger partial charge is 0.295 e. The number of nitrogens with zero attached hydrogens (tertiary/aromatic N) is 2. The molecule has 6 nitrogen and oxygen atoms in total. The molecule has 0 aromatic heterocycles. The first kappa shape index (κ1) is 22.6. The van der Waals surface area contributed by atoms with Crippen molar-refractivity contribution in [3.8, 4) is 5.75 Å². The number of ketones is 1. The van der Waals surface area contributed by atoms with Crippen LogP contribution in [0.15, 0.2) is 54.1 Å². The number of hydrogen-bond donors (Lipinski definition) is 1. The first-order valence-electron chi connectivity index (χ1n) is 10.6. The SMILES string of the molecule is CCCOc1ccc([C@@H]2/C(=C(\O)c3ccc(C)cc3)C(=O)C(=O)N2CCN(C)C)cc1. The summed E-state index contributed by atoms with van der Waals surface area (Å²) in [5.74, 6) is -0.670. The molecular weight excluding hydrogens is 392 g/mol. The van der Waals surface area contributed by atoms with Gasteiger partial charge in [-0.1, -0.05) is 48.9 Å². The molecule has 1 aliphatic rings. The minimum Gasteiger partial charge on any atom is -0.507 e. The summed E-state index contributed by atoms with van der Waals surface area (Å²) in [6.07, 6.45) is 0.906. The number of amides is 1. The van der Waals surface area contributed by atoms with Crippen LogP contribution >= 0.6 is 0 Å². The Hall–Kier alpha value is -3.12. The topological polar surface area (TPSA) is 70.1 Å². The zero-order valence-corrected chi connectivity index (χ0v) is 18.6. The summed E-state index contributed by atoms with van der Waals surface area (Å²) in [5, 5.41) is 11.0. The molecule has 164 valence electrons. The molecule has 0 unspecified atom stereocenters. The molecule has 3 rings (SSSR count). The Labute approximate surface area is 183 Å². The number of rotatable bonds is 8. The van der Waals surface area contributed by atoms with Crippen LogP contribution in [0.3, 0.4) is 0 Å². The number of benzene rings is 2. The van der Waals surface area contributed by atoms with E-state index >= 15 is 0 Å². The molecule has 1 aliphatic heterocycles. The normalized spacial score (nSPS) is 18.1. The average molecular weight is 423 g/mol. The van der Waals surface area contributed by atoms with Crippen molar-refractivity contribution in [1.29, 1.82) is 0 Å². The molecule has 1 saturated heterocycles. The second-order valence-electron chi connectivity index (χ2n) is 8.08. The highest BCUT2D eigenvalue weighted by Crippen LogP contribution is 2.39. The van der Waals surface area contributed by atoms with Gasteiger partial charge in [-0.15, -0.1) is 0 Å². The summed E-state index contributed by atoms with van der Waals surface area (Å²) < 4.78 is 5.66. The van der Waals surface area contributed by atoms with Crippen LogP contribution < -0.4 is 4.74 Å². The van der Waals surface area contributed by atoms with Crippen LogP contribution in [0.2, 0.25) is 0 Å². The molecule has 0 aliphatic carbocycles. The second kappa shape index (κ2) is 9.79. The van der Waals surface area contributed by atoms with Crippen molar-refractivity contribution in [3.63, 3.8) is 0 Å². The molecule has 1 heterocycles. The van der Waals surface area contributed by atoms with Gasteiger partial charge in [0, 0.05) is 18.7 Å². The van der Waals surface area contributed by atoms with E-state index in [1.165, 1.54) is 0 Å². The van der Waals surface area contributed by atoms with Crippen molar-refractivity contribution in [2.45, 2.75) is 26.3 Å². The minimum absolute atomic E-state index is 0.120. The summed E-state index contributed by atoms with van der Waals surface area (Å²) in [6, 6.07) is 14.0. The average Bonchev–Trinajstić information content (AvgIpc) is 3.01. The number of carbonyl (C=O) groups excluding carboxylic acids is 2. The van der Waals surface area contributed by atoms with E-state index < -0.39 is 17.7 Å². The highest BCUT2D eigenvalue weighted by molar-refractivity contribution is 6.46. The Balaban J connectivity index is 2.06. The van der Waals surface area contributed by atoms with E-state index in [4.69, 9.17) is 4.74 Å².